The van der Waals surface area contributed by atoms with Gasteiger partial charge >= 0.3 is 0 Å². The third-order valence-corrected chi connectivity index (χ3v) is 4.02. The van der Waals surface area contributed by atoms with Crippen molar-refractivity contribution in [3.05, 3.63) is 16.1 Å². The quantitative estimate of drug-likeness (QED) is 0.866. The lowest BCUT2D eigenvalue weighted by Crippen LogP contribution is -2.33. The zero-order valence-corrected chi connectivity index (χ0v) is 11.2. The van der Waals surface area contributed by atoms with Crippen LogP contribution < -0.4 is 5.73 Å². The Hall–Kier alpha value is -0.940. The summed E-state index contributed by atoms with van der Waals surface area (Å²) in [6, 6.07) is 0.0492. The Labute approximate surface area is 106 Å². The minimum absolute atomic E-state index is 0.0492. The molecule has 1 aromatic heterocycles. The van der Waals surface area contributed by atoms with E-state index in [9.17, 15) is 4.79 Å². The van der Waals surface area contributed by atoms with Crippen molar-refractivity contribution in [1.82, 2.24) is 9.88 Å². The number of nitrogens with zero attached hydrogens (tertiary/aromatic N) is 2. The van der Waals surface area contributed by atoms with Gasteiger partial charge in [0.05, 0.1) is 11.6 Å². The molecule has 1 aliphatic carbocycles. The maximum atomic E-state index is 11.9. The lowest BCUT2D eigenvalue weighted by molar-refractivity contribution is -0.130. The zero-order chi connectivity index (χ0) is 12.4. The number of hydrogen-bond donors (Lipinski definition) is 1. The van der Waals surface area contributed by atoms with Crippen molar-refractivity contribution in [2.75, 3.05) is 7.05 Å². The van der Waals surface area contributed by atoms with E-state index in [0.29, 0.717) is 18.9 Å². The predicted molar refractivity (Wildman–Crippen MR) is 68.6 cm³/mol. The topological polar surface area (TPSA) is 59.2 Å². The van der Waals surface area contributed by atoms with Crippen molar-refractivity contribution in [3.63, 3.8) is 0 Å². The van der Waals surface area contributed by atoms with E-state index in [1.165, 1.54) is 12.8 Å². The molecule has 1 aliphatic rings. The second-order valence-electron chi connectivity index (χ2n) is 4.80. The summed E-state index contributed by atoms with van der Waals surface area (Å²) in [6.07, 6.45) is 4.68. The number of carbonyl (C=O) groups is 1. The van der Waals surface area contributed by atoms with Gasteiger partial charge in [-0.2, -0.15) is 0 Å². The number of amides is 1. The summed E-state index contributed by atoms with van der Waals surface area (Å²) < 4.78 is 0. The molecule has 0 saturated heterocycles. The van der Waals surface area contributed by atoms with Gasteiger partial charge in [-0.05, 0) is 25.7 Å². The summed E-state index contributed by atoms with van der Waals surface area (Å²) >= 11 is 1.63. The molecule has 1 amide bonds. The normalized spacial score (nSPS) is 16.9. The Morgan fingerprint density at radius 3 is 2.94 bits per heavy atom. The van der Waals surface area contributed by atoms with Crippen LogP contribution >= 0.6 is 11.3 Å². The lowest BCUT2D eigenvalue weighted by Gasteiger charge is -2.18. The molecule has 1 heterocycles. The molecule has 0 radical (unpaired) electrons. The molecule has 5 heteroatoms. The monoisotopic (exact) mass is 253 g/mol. The number of carbonyl (C=O) groups excluding carboxylic acids is 1. The van der Waals surface area contributed by atoms with Crippen LogP contribution in [-0.2, 0) is 11.3 Å². The molecule has 94 valence electrons. The molecule has 1 fully saturated rings. The molecule has 2 rings (SSSR count). The van der Waals surface area contributed by atoms with Crippen LogP contribution in [0.1, 0.15) is 29.1 Å². The Bertz CT molecular complexity index is 400. The van der Waals surface area contributed by atoms with Crippen LogP contribution in [0, 0.1) is 12.8 Å². The van der Waals surface area contributed by atoms with Crippen LogP contribution in [0.2, 0.25) is 0 Å². The zero-order valence-electron chi connectivity index (χ0n) is 10.3. The number of rotatable bonds is 5. The van der Waals surface area contributed by atoms with E-state index in [2.05, 4.69) is 4.98 Å². The van der Waals surface area contributed by atoms with E-state index < -0.39 is 0 Å². The summed E-state index contributed by atoms with van der Waals surface area (Å²) in [7, 11) is 1.83. The average Bonchev–Trinajstić information content (AvgIpc) is 3.04. The number of thiazole rings is 1. The van der Waals surface area contributed by atoms with Gasteiger partial charge in [0.2, 0.25) is 5.91 Å². The summed E-state index contributed by atoms with van der Waals surface area (Å²) in [4.78, 5) is 19.0. The van der Waals surface area contributed by atoms with Gasteiger partial charge in [-0.25, -0.2) is 4.98 Å². The van der Waals surface area contributed by atoms with Gasteiger partial charge in [0, 0.05) is 30.6 Å². The SMILES string of the molecule is Cc1ncc(CN(C)C(=O)CC(N)C2CC2)s1. The van der Waals surface area contributed by atoms with Crippen molar-refractivity contribution in [2.45, 2.75) is 38.8 Å². The lowest BCUT2D eigenvalue weighted by atomic mass is 10.1. The molecule has 1 atom stereocenters. The number of hydrogen-bond acceptors (Lipinski definition) is 4. The van der Waals surface area contributed by atoms with Crippen molar-refractivity contribution in [3.8, 4) is 0 Å². The van der Waals surface area contributed by atoms with E-state index in [-0.39, 0.29) is 11.9 Å². The fourth-order valence-corrected chi connectivity index (χ4v) is 2.70. The Balaban J connectivity index is 1.82. The highest BCUT2D eigenvalue weighted by Crippen LogP contribution is 2.33. The first-order valence-electron chi connectivity index (χ1n) is 5.97. The van der Waals surface area contributed by atoms with E-state index in [1.54, 1.807) is 16.2 Å². The summed E-state index contributed by atoms with van der Waals surface area (Å²) in [6.45, 7) is 2.61. The minimum Gasteiger partial charge on any atom is -0.341 e. The van der Waals surface area contributed by atoms with Gasteiger partial charge in [-0.1, -0.05) is 0 Å². The van der Waals surface area contributed by atoms with Crippen molar-refractivity contribution < 1.29 is 4.79 Å². The molecule has 1 unspecified atom stereocenters. The fourth-order valence-electron chi connectivity index (χ4n) is 1.85. The van der Waals surface area contributed by atoms with Crippen molar-refractivity contribution in [2.24, 2.45) is 11.7 Å². The number of nitrogens with two attached hydrogens (primary N) is 1. The van der Waals surface area contributed by atoms with Crippen LogP contribution in [0.15, 0.2) is 6.20 Å². The van der Waals surface area contributed by atoms with E-state index in [0.717, 1.165) is 9.88 Å². The van der Waals surface area contributed by atoms with E-state index in [4.69, 9.17) is 5.73 Å². The highest BCUT2D eigenvalue weighted by Gasteiger charge is 2.30. The molecule has 0 bridgehead atoms. The Morgan fingerprint density at radius 2 is 2.41 bits per heavy atom. The first-order valence-corrected chi connectivity index (χ1v) is 6.78. The Morgan fingerprint density at radius 1 is 1.71 bits per heavy atom. The molecule has 0 aliphatic heterocycles. The number of aromatic nitrogens is 1. The molecule has 0 spiro atoms. The molecule has 1 aromatic rings. The summed E-state index contributed by atoms with van der Waals surface area (Å²) in [5.41, 5.74) is 5.96. The van der Waals surface area contributed by atoms with Gasteiger partial charge in [-0.15, -0.1) is 11.3 Å². The van der Waals surface area contributed by atoms with Crippen LogP contribution in [0.4, 0.5) is 0 Å². The average molecular weight is 253 g/mol. The van der Waals surface area contributed by atoms with Gasteiger partial charge in [0.25, 0.3) is 0 Å². The van der Waals surface area contributed by atoms with Crippen LogP contribution in [0.25, 0.3) is 0 Å². The molecule has 17 heavy (non-hydrogen) atoms. The van der Waals surface area contributed by atoms with Crippen LogP contribution in [-0.4, -0.2) is 28.9 Å². The first kappa shape index (κ1) is 12.5. The third-order valence-electron chi connectivity index (χ3n) is 3.13. The summed E-state index contributed by atoms with van der Waals surface area (Å²) in [5, 5.41) is 1.04. The van der Waals surface area contributed by atoms with Gasteiger partial charge < -0.3 is 10.6 Å². The number of aryl methyl sites for hydroxylation is 1. The van der Waals surface area contributed by atoms with E-state index >= 15 is 0 Å². The molecule has 2 N–H and O–H groups in total. The van der Waals surface area contributed by atoms with Gasteiger partial charge in [0.1, 0.15) is 0 Å². The van der Waals surface area contributed by atoms with Crippen molar-refractivity contribution >= 4 is 17.2 Å². The molecule has 0 aromatic carbocycles. The largest absolute Gasteiger partial charge is 0.341 e. The van der Waals surface area contributed by atoms with Gasteiger partial charge in [-0.3, -0.25) is 4.79 Å². The standard InChI is InChI=1S/C12H19N3OS/c1-8-14-6-10(17-8)7-15(2)12(16)5-11(13)9-3-4-9/h6,9,11H,3-5,7,13H2,1-2H3. The Kier molecular flexibility index (Phi) is 3.79. The van der Waals surface area contributed by atoms with Crippen LogP contribution in [0.5, 0.6) is 0 Å². The highest BCUT2D eigenvalue weighted by atomic mass is 32.1. The third kappa shape index (κ3) is 3.51. The molecule has 4 nitrogen and oxygen atoms in total. The van der Waals surface area contributed by atoms with E-state index in [1.807, 2.05) is 20.2 Å². The molecular weight excluding hydrogens is 234 g/mol. The van der Waals surface area contributed by atoms with Crippen LogP contribution in [0.3, 0.4) is 0 Å². The maximum Gasteiger partial charge on any atom is 0.224 e. The smallest absolute Gasteiger partial charge is 0.224 e. The second-order valence-corrected chi connectivity index (χ2v) is 6.12. The van der Waals surface area contributed by atoms with Gasteiger partial charge in [0.15, 0.2) is 0 Å². The maximum absolute atomic E-state index is 11.9. The van der Waals surface area contributed by atoms with Crippen molar-refractivity contribution in [1.29, 1.82) is 0 Å². The second kappa shape index (κ2) is 5.14. The highest BCUT2D eigenvalue weighted by molar-refractivity contribution is 7.11. The predicted octanol–water partition coefficient (Wildman–Crippen LogP) is 1.54. The fraction of sp³-hybridized carbons (Fsp3) is 0.667. The first-order chi connectivity index (χ1) is 8.06. The summed E-state index contributed by atoms with van der Waals surface area (Å²) in [5.74, 6) is 0.716. The molecular formula is C12H19N3OS. The molecule has 1 saturated carbocycles. The minimum atomic E-state index is 0.0492.